The van der Waals surface area contributed by atoms with Crippen LogP contribution < -0.4 is 0 Å². The molecule has 0 saturated carbocycles. The fourth-order valence-electron chi connectivity index (χ4n) is 4.09. The van der Waals surface area contributed by atoms with Gasteiger partial charge in [-0.15, -0.1) is 0 Å². The van der Waals surface area contributed by atoms with Gasteiger partial charge in [0.25, 0.3) is 0 Å². The van der Waals surface area contributed by atoms with E-state index in [1.54, 1.807) is 0 Å². The molecule has 0 spiro atoms. The molecule has 1 aromatic carbocycles. The van der Waals surface area contributed by atoms with Gasteiger partial charge >= 0.3 is 0 Å². The van der Waals surface area contributed by atoms with Crippen molar-refractivity contribution >= 4 is 5.91 Å². The topological polar surface area (TPSA) is 84.2 Å². The van der Waals surface area contributed by atoms with Crippen molar-refractivity contribution in [3.8, 4) is 0 Å². The molecule has 144 valence electrons. The van der Waals surface area contributed by atoms with E-state index in [-0.39, 0.29) is 18.6 Å². The first-order valence-corrected chi connectivity index (χ1v) is 9.59. The zero-order valence-electron chi connectivity index (χ0n) is 15.2. The summed E-state index contributed by atoms with van der Waals surface area (Å²) in [6.07, 6.45) is 1.24. The molecule has 2 aliphatic rings. The fourth-order valence-corrected chi connectivity index (χ4v) is 4.09. The molecule has 1 amide bonds. The summed E-state index contributed by atoms with van der Waals surface area (Å²) in [6.45, 7) is 2.73. The third-order valence-electron chi connectivity index (χ3n) is 5.76. The van der Waals surface area contributed by atoms with Crippen LogP contribution in [0.1, 0.15) is 24.8 Å². The lowest BCUT2D eigenvalue weighted by atomic mass is 9.92. The summed E-state index contributed by atoms with van der Waals surface area (Å²) in [5, 5.41) is 29.3. The maximum absolute atomic E-state index is 12.5. The number of piperidine rings is 2. The number of benzene rings is 1. The highest BCUT2D eigenvalue weighted by atomic mass is 16.3. The van der Waals surface area contributed by atoms with Crippen LogP contribution in [0.3, 0.4) is 0 Å². The van der Waals surface area contributed by atoms with Crippen molar-refractivity contribution in [1.82, 2.24) is 9.80 Å². The van der Waals surface area contributed by atoms with E-state index in [4.69, 9.17) is 0 Å². The fraction of sp³-hybridized carbons (Fsp3) is 0.650. The molecule has 1 unspecified atom stereocenters. The lowest BCUT2D eigenvalue weighted by molar-refractivity contribution is -0.132. The van der Waals surface area contributed by atoms with E-state index in [1.807, 2.05) is 35.2 Å². The molecule has 2 aliphatic heterocycles. The monoisotopic (exact) mass is 362 g/mol. The first-order valence-electron chi connectivity index (χ1n) is 9.59. The second-order valence-electron chi connectivity index (χ2n) is 7.65. The highest BCUT2D eigenvalue weighted by Gasteiger charge is 2.35. The van der Waals surface area contributed by atoms with E-state index in [0.29, 0.717) is 25.3 Å². The Morgan fingerprint density at radius 3 is 2.42 bits per heavy atom. The molecule has 0 radical (unpaired) electrons. The SMILES string of the molecule is O=C(Cc1ccccc1)N1CCC(CN2C[C@H](O)C(O)C[C@@H]2CO)CC1. The van der Waals surface area contributed by atoms with E-state index in [1.165, 1.54) is 0 Å². The summed E-state index contributed by atoms with van der Waals surface area (Å²) < 4.78 is 0. The molecule has 2 fully saturated rings. The van der Waals surface area contributed by atoms with Gasteiger partial charge in [0, 0.05) is 32.2 Å². The van der Waals surface area contributed by atoms with Gasteiger partial charge in [0.05, 0.1) is 25.2 Å². The minimum Gasteiger partial charge on any atom is -0.395 e. The average Bonchev–Trinajstić information content (AvgIpc) is 2.66. The number of aliphatic hydroxyl groups excluding tert-OH is 3. The van der Waals surface area contributed by atoms with Crippen LogP contribution in [0.5, 0.6) is 0 Å². The smallest absolute Gasteiger partial charge is 0.226 e. The van der Waals surface area contributed by atoms with Crippen molar-refractivity contribution in [2.24, 2.45) is 5.92 Å². The maximum Gasteiger partial charge on any atom is 0.226 e. The van der Waals surface area contributed by atoms with Gasteiger partial charge < -0.3 is 20.2 Å². The van der Waals surface area contributed by atoms with E-state index < -0.39 is 12.2 Å². The normalized spacial score (nSPS) is 28.3. The summed E-state index contributed by atoms with van der Waals surface area (Å²) in [5.41, 5.74) is 1.05. The number of rotatable bonds is 5. The predicted molar refractivity (Wildman–Crippen MR) is 98.5 cm³/mol. The summed E-state index contributed by atoms with van der Waals surface area (Å²) in [4.78, 5) is 16.5. The number of β-amino-alcohol motifs (C(OH)–C–C–N with tert-alkyl or cyclic N) is 1. The lowest BCUT2D eigenvalue weighted by Gasteiger charge is -2.42. The molecular weight excluding hydrogens is 332 g/mol. The molecule has 6 nitrogen and oxygen atoms in total. The first kappa shape index (κ1) is 19.3. The Hall–Kier alpha value is -1.47. The van der Waals surface area contributed by atoms with E-state index >= 15 is 0 Å². The van der Waals surface area contributed by atoms with Crippen LogP contribution in [0.25, 0.3) is 0 Å². The molecule has 3 atom stereocenters. The summed E-state index contributed by atoms with van der Waals surface area (Å²) >= 11 is 0. The Balaban J connectivity index is 1.46. The highest BCUT2D eigenvalue weighted by Crippen LogP contribution is 2.24. The van der Waals surface area contributed by atoms with Crippen LogP contribution in [-0.4, -0.2) is 82.1 Å². The number of nitrogens with zero attached hydrogens (tertiary/aromatic N) is 2. The minimum atomic E-state index is -0.749. The summed E-state index contributed by atoms with van der Waals surface area (Å²) in [5.74, 6) is 0.631. The van der Waals surface area contributed by atoms with Gasteiger partial charge in [0.2, 0.25) is 5.91 Å². The van der Waals surface area contributed by atoms with Gasteiger partial charge in [-0.25, -0.2) is 0 Å². The third-order valence-corrected chi connectivity index (χ3v) is 5.76. The number of carbonyl (C=O) groups excluding carboxylic acids is 1. The van der Waals surface area contributed by atoms with Gasteiger partial charge in [0.15, 0.2) is 0 Å². The largest absolute Gasteiger partial charge is 0.395 e. The van der Waals surface area contributed by atoms with Crippen LogP contribution in [-0.2, 0) is 11.2 Å². The van der Waals surface area contributed by atoms with Crippen LogP contribution in [0.2, 0.25) is 0 Å². The summed E-state index contributed by atoms with van der Waals surface area (Å²) in [6, 6.07) is 9.74. The lowest BCUT2D eigenvalue weighted by Crippen LogP contribution is -2.55. The van der Waals surface area contributed by atoms with Crippen molar-refractivity contribution in [3.05, 3.63) is 35.9 Å². The molecule has 3 N–H and O–H groups in total. The van der Waals surface area contributed by atoms with Gasteiger partial charge in [0.1, 0.15) is 0 Å². The molecule has 3 rings (SSSR count). The van der Waals surface area contributed by atoms with Gasteiger partial charge in [-0.3, -0.25) is 9.69 Å². The number of hydrogen-bond acceptors (Lipinski definition) is 5. The van der Waals surface area contributed by atoms with Gasteiger partial charge in [-0.1, -0.05) is 30.3 Å². The zero-order chi connectivity index (χ0) is 18.5. The number of amides is 1. The number of hydrogen-bond donors (Lipinski definition) is 3. The number of likely N-dealkylation sites (tertiary alicyclic amines) is 2. The van der Waals surface area contributed by atoms with Gasteiger partial charge in [-0.2, -0.15) is 0 Å². The molecule has 26 heavy (non-hydrogen) atoms. The quantitative estimate of drug-likeness (QED) is 0.700. The molecule has 2 heterocycles. The molecule has 0 aliphatic carbocycles. The predicted octanol–water partition coefficient (Wildman–Crippen LogP) is 0.256. The minimum absolute atomic E-state index is 0.00180. The average molecular weight is 362 g/mol. The zero-order valence-corrected chi connectivity index (χ0v) is 15.2. The first-order chi connectivity index (χ1) is 12.6. The second-order valence-corrected chi connectivity index (χ2v) is 7.65. The van der Waals surface area contributed by atoms with Crippen molar-refractivity contribution < 1.29 is 20.1 Å². The molecule has 6 heteroatoms. The Kier molecular flexibility index (Phi) is 6.64. The number of aliphatic hydroxyl groups is 3. The van der Waals surface area contributed by atoms with Crippen molar-refractivity contribution in [3.63, 3.8) is 0 Å². The Labute approximate surface area is 155 Å². The van der Waals surface area contributed by atoms with Crippen molar-refractivity contribution in [1.29, 1.82) is 0 Å². The Bertz CT molecular complexity index is 574. The summed E-state index contributed by atoms with van der Waals surface area (Å²) in [7, 11) is 0. The van der Waals surface area contributed by atoms with Crippen LogP contribution in [0.15, 0.2) is 30.3 Å². The second kappa shape index (κ2) is 8.95. The van der Waals surface area contributed by atoms with Crippen molar-refractivity contribution in [2.45, 2.75) is 43.9 Å². The van der Waals surface area contributed by atoms with E-state index in [9.17, 15) is 20.1 Å². The Morgan fingerprint density at radius 2 is 1.77 bits per heavy atom. The highest BCUT2D eigenvalue weighted by molar-refractivity contribution is 5.78. The molecule has 1 aromatic rings. The molecule has 0 aromatic heterocycles. The van der Waals surface area contributed by atoms with Crippen molar-refractivity contribution in [2.75, 3.05) is 32.8 Å². The molecule has 0 bridgehead atoms. The van der Waals surface area contributed by atoms with E-state index in [2.05, 4.69) is 4.90 Å². The standard InChI is InChI=1S/C20H30N2O4/c23-14-17-11-18(24)19(25)13-22(17)12-16-6-8-21(9-7-16)20(26)10-15-4-2-1-3-5-15/h1-5,16-19,23-25H,6-14H2/t17-,18?,19+/m1/s1. The van der Waals surface area contributed by atoms with E-state index in [0.717, 1.165) is 38.0 Å². The van der Waals surface area contributed by atoms with Crippen LogP contribution in [0, 0.1) is 5.92 Å². The number of carbonyl (C=O) groups is 1. The molecular formula is C20H30N2O4. The van der Waals surface area contributed by atoms with Crippen LogP contribution >= 0.6 is 0 Å². The third kappa shape index (κ3) is 4.82. The maximum atomic E-state index is 12.5. The van der Waals surface area contributed by atoms with Crippen LogP contribution in [0.4, 0.5) is 0 Å². The van der Waals surface area contributed by atoms with Gasteiger partial charge in [-0.05, 0) is 30.7 Å². The Morgan fingerprint density at radius 1 is 1.08 bits per heavy atom. The molecule has 2 saturated heterocycles.